The van der Waals surface area contributed by atoms with Crippen molar-refractivity contribution in [3.8, 4) is 11.1 Å². The summed E-state index contributed by atoms with van der Waals surface area (Å²) in [6.45, 7) is 9.39. The molecule has 4 heterocycles. The van der Waals surface area contributed by atoms with Crippen molar-refractivity contribution in [3.63, 3.8) is 0 Å². The number of H-pyrrole nitrogens is 1. The third kappa shape index (κ3) is 5.24. The van der Waals surface area contributed by atoms with E-state index in [1.807, 2.05) is 30.6 Å². The van der Waals surface area contributed by atoms with Crippen LogP contribution in [-0.2, 0) is 4.74 Å². The lowest BCUT2D eigenvalue weighted by Gasteiger charge is -2.33. The molecule has 0 saturated carbocycles. The lowest BCUT2D eigenvalue weighted by atomic mass is 10.0. The minimum atomic E-state index is -0.0294. The summed E-state index contributed by atoms with van der Waals surface area (Å²) in [5, 5.41) is 4.15. The SMILES string of the molecule is CN1CCN(c2ccc(-c3c[nH]c4cc(C(=O)NCCCN5CCOCC5)ccc34)cn2)CC1. The molecule has 1 aromatic carbocycles. The van der Waals surface area contributed by atoms with Gasteiger partial charge in [-0.3, -0.25) is 9.69 Å². The molecule has 8 nitrogen and oxygen atoms in total. The van der Waals surface area contributed by atoms with E-state index in [2.05, 4.69) is 44.2 Å². The molecule has 2 saturated heterocycles. The van der Waals surface area contributed by atoms with Crippen molar-refractivity contribution >= 4 is 22.6 Å². The van der Waals surface area contributed by atoms with Gasteiger partial charge in [0.2, 0.25) is 0 Å². The number of aromatic amines is 1. The molecule has 0 aliphatic carbocycles. The van der Waals surface area contributed by atoms with E-state index in [9.17, 15) is 4.79 Å². The molecular formula is C26H34N6O2. The molecular weight excluding hydrogens is 428 g/mol. The standard InChI is InChI=1S/C26H34N6O2/c1-30-9-11-32(12-10-30)25-6-4-21(18-29-25)23-19-28-24-17-20(3-5-22(23)24)26(33)27-7-2-8-31-13-15-34-16-14-31/h3-6,17-19,28H,2,7-16H2,1H3,(H,27,33). The van der Waals surface area contributed by atoms with E-state index in [0.717, 1.165) is 93.3 Å². The summed E-state index contributed by atoms with van der Waals surface area (Å²) in [4.78, 5) is 27.8. The van der Waals surface area contributed by atoms with Gasteiger partial charge in [-0.1, -0.05) is 6.07 Å². The molecule has 5 rings (SSSR count). The van der Waals surface area contributed by atoms with Gasteiger partial charge in [0, 0.05) is 85.8 Å². The lowest BCUT2D eigenvalue weighted by molar-refractivity contribution is 0.0374. The highest BCUT2D eigenvalue weighted by atomic mass is 16.5. The number of ether oxygens (including phenoxy) is 1. The third-order valence-corrected chi connectivity index (χ3v) is 6.87. The molecule has 0 bridgehead atoms. The highest BCUT2D eigenvalue weighted by molar-refractivity contribution is 6.01. The molecule has 34 heavy (non-hydrogen) atoms. The van der Waals surface area contributed by atoms with Crippen LogP contribution in [0.5, 0.6) is 0 Å². The van der Waals surface area contributed by atoms with Crippen molar-refractivity contribution in [1.82, 2.24) is 25.1 Å². The van der Waals surface area contributed by atoms with Crippen LogP contribution < -0.4 is 10.2 Å². The Kier molecular flexibility index (Phi) is 7.08. The Hall–Kier alpha value is -2.94. The molecule has 0 unspecified atom stereocenters. The highest BCUT2D eigenvalue weighted by Crippen LogP contribution is 2.30. The summed E-state index contributed by atoms with van der Waals surface area (Å²) in [5.41, 5.74) is 3.81. The van der Waals surface area contributed by atoms with Crippen molar-refractivity contribution < 1.29 is 9.53 Å². The monoisotopic (exact) mass is 462 g/mol. The maximum Gasteiger partial charge on any atom is 0.251 e. The number of carbonyl (C=O) groups excluding carboxylic acids is 1. The number of rotatable bonds is 7. The largest absolute Gasteiger partial charge is 0.379 e. The first-order valence-corrected chi connectivity index (χ1v) is 12.3. The number of carbonyl (C=O) groups is 1. The zero-order valence-corrected chi connectivity index (χ0v) is 19.9. The molecule has 0 atom stereocenters. The molecule has 180 valence electrons. The molecule has 3 aromatic rings. The third-order valence-electron chi connectivity index (χ3n) is 6.87. The van der Waals surface area contributed by atoms with E-state index in [4.69, 9.17) is 9.72 Å². The quantitative estimate of drug-likeness (QED) is 0.526. The Bertz CT molecular complexity index is 1100. The fraction of sp³-hybridized carbons (Fsp3) is 0.462. The average molecular weight is 463 g/mol. The average Bonchev–Trinajstić information content (AvgIpc) is 3.31. The van der Waals surface area contributed by atoms with Gasteiger partial charge in [0.05, 0.1) is 13.2 Å². The summed E-state index contributed by atoms with van der Waals surface area (Å²) in [6, 6.07) is 10.1. The van der Waals surface area contributed by atoms with Gasteiger partial charge in [-0.15, -0.1) is 0 Å². The second-order valence-corrected chi connectivity index (χ2v) is 9.22. The van der Waals surface area contributed by atoms with E-state index in [-0.39, 0.29) is 5.91 Å². The number of likely N-dealkylation sites (N-methyl/N-ethyl adjacent to an activating group) is 1. The molecule has 2 aliphatic rings. The number of anilines is 1. The van der Waals surface area contributed by atoms with Crippen LogP contribution in [0.15, 0.2) is 42.7 Å². The van der Waals surface area contributed by atoms with Crippen LogP contribution in [0, 0.1) is 0 Å². The van der Waals surface area contributed by atoms with E-state index in [1.165, 1.54) is 0 Å². The van der Waals surface area contributed by atoms with Crippen molar-refractivity contribution in [2.75, 3.05) is 77.5 Å². The molecule has 2 N–H and O–H groups in total. The smallest absolute Gasteiger partial charge is 0.251 e. The first kappa shape index (κ1) is 22.8. The predicted molar refractivity (Wildman–Crippen MR) is 135 cm³/mol. The Morgan fingerprint density at radius 2 is 1.91 bits per heavy atom. The van der Waals surface area contributed by atoms with Crippen LogP contribution in [0.3, 0.4) is 0 Å². The Morgan fingerprint density at radius 3 is 2.68 bits per heavy atom. The summed E-state index contributed by atoms with van der Waals surface area (Å²) < 4.78 is 5.38. The molecule has 2 fully saturated rings. The number of benzene rings is 1. The minimum absolute atomic E-state index is 0.0294. The van der Waals surface area contributed by atoms with E-state index >= 15 is 0 Å². The topological polar surface area (TPSA) is 76.7 Å². The second kappa shape index (κ2) is 10.5. The number of pyridine rings is 1. The van der Waals surface area contributed by atoms with E-state index < -0.39 is 0 Å². The number of nitrogens with zero attached hydrogens (tertiary/aromatic N) is 4. The van der Waals surface area contributed by atoms with Crippen LogP contribution in [0.4, 0.5) is 5.82 Å². The van der Waals surface area contributed by atoms with Gasteiger partial charge in [0.25, 0.3) is 5.91 Å². The van der Waals surface area contributed by atoms with Crippen molar-refractivity contribution in [2.45, 2.75) is 6.42 Å². The number of hydrogen-bond acceptors (Lipinski definition) is 6. The van der Waals surface area contributed by atoms with Gasteiger partial charge in [-0.2, -0.15) is 0 Å². The van der Waals surface area contributed by atoms with Gasteiger partial charge < -0.3 is 24.8 Å². The first-order valence-electron chi connectivity index (χ1n) is 12.3. The first-order chi connectivity index (χ1) is 16.7. The molecule has 2 aromatic heterocycles. The van der Waals surface area contributed by atoms with Crippen molar-refractivity contribution in [3.05, 3.63) is 48.3 Å². The second-order valence-electron chi connectivity index (χ2n) is 9.22. The summed E-state index contributed by atoms with van der Waals surface area (Å²) in [5.74, 6) is 1.00. The molecule has 0 radical (unpaired) electrons. The van der Waals surface area contributed by atoms with Crippen LogP contribution in [0.25, 0.3) is 22.0 Å². The normalized spacial score (nSPS) is 17.9. The lowest BCUT2D eigenvalue weighted by Crippen LogP contribution is -2.44. The molecule has 2 aliphatic heterocycles. The number of morpholine rings is 1. The number of hydrogen-bond donors (Lipinski definition) is 2. The van der Waals surface area contributed by atoms with E-state index in [0.29, 0.717) is 12.1 Å². The fourth-order valence-electron chi connectivity index (χ4n) is 4.71. The van der Waals surface area contributed by atoms with Gasteiger partial charge in [-0.25, -0.2) is 4.98 Å². The molecule has 0 spiro atoms. The maximum atomic E-state index is 12.6. The number of aromatic nitrogens is 2. The number of amides is 1. The van der Waals surface area contributed by atoms with Crippen LogP contribution in [0.2, 0.25) is 0 Å². The number of nitrogens with one attached hydrogen (secondary N) is 2. The Balaban J connectivity index is 1.20. The Labute approximate surface area is 200 Å². The van der Waals surface area contributed by atoms with Gasteiger partial charge in [0.1, 0.15) is 5.82 Å². The number of fused-ring (bicyclic) bond motifs is 1. The van der Waals surface area contributed by atoms with Gasteiger partial charge in [-0.05, 0) is 44.3 Å². The number of piperazine rings is 1. The van der Waals surface area contributed by atoms with Crippen LogP contribution in [0.1, 0.15) is 16.8 Å². The maximum absolute atomic E-state index is 12.6. The predicted octanol–water partition coefficient (Wildman–Crippen LogP) is 2.43. The van der Waals surface area contributed by atoms with Crippen molar-refractivity contribution in [1.29, 1.82) is 0 Å². The van der Waals surface area contributed by atoms with Gasteiger partial charge >= 0.3 is 0 Å². The highest BCUT2D eigenvalue weighted by Gasteiger charge is 2.16. The summed E-state index contributed by atoms with van der Waals surface area (Å²) in [6.07, 6.45) is 4.89. The fourth-order valence-corrected chi connectivity index (χ4v) is 4.71. The molecule has 1 amide bonds. The zero-order valence-electron chi connectivity index (χ0n) is 19.9. The minimum Gasteiger partial charge on any atom is -0.379 e. The summed E-state index contributed by atoms with van der Waals surface area (Å²) in [7, 11) is 2.16. The molecule has 8 heteroatoms. The van der Waals surface area contributed by atoms with E-state index in [1.54, 1.807) is 0 Å². The Morgan fingerprint density at radius 1 is 1.09 bits per heavy atom. The van der Waals surface area contributed by atoms with Crippen LogP contribution in [-0.4, -0.2) is 98.3 Å². The van der Waals surface area contributed by atoms with Crippen molar-refractivity contribution in [2.24, 2.45) is 0 Å². The van der Waals surface area contributed by atoms with Gasteiger partial charge in [0.15, 0.2) is 0 Å². The zero-order chi connectivity index (χ0) is 23.3. The van der Waals surface area contributed by atoms with Crippen LogP contribution >= 0.6 is 0 Å². The summed E-state index contributed by atoms with van der Waals surface area (Å²) >= 11 is 0.